The normalized spacial score (nSPS) is 11.1. The van der Waals surface area contributed by atoms with Crippen molar-refractivity contribution in [2.75, 3.05) is 0 Å². The lowest BCUT2D eigenvalue weighted by Crippen LogP contribution is -2.01. The number of aryl methyl sites for hydroxylation is 1. The number of rotatable bonds is 3. The fourth-order valence-corrected chi connectivity index (χ4v) is 3.74. The molecule has 0 N–H and O–H groups in total. The minimum Gasteiger partial charge on any atom is -0.340 e. The molecule has 0 spiro atoms. The maximum absolute atomic E-state index is 3.63. The lowest BCUT2D eigenvalue weighted by molar-refractivity contribution is 0.805. The highest BCUT2D eigenvalue weighted by Crippen LogP contribution is 2.28. The first-order valence-corrected chi connectivity index (χ1v) is 8.90. The van der Waals surface area contributed by atoms with Gasteiger partial charge in [0.2, 0.25) is 0 Å². The summed E-state index contributed by atoms with van der Waals surface area (Å²) in [4.78, 5) is 0. The van der Waals surface area contributed by atoms with Crippen molar-refractivity contribution in [1.29, 1.82) is 0 Å². The fraction of sp³-hybridized carbons (Fsp3) is 0.0909. The van der Waals surface area contributed by atoms with Crippen LogP contribution >= 0.6 is 15.9 Å². The van der Waals surface area contributed by atoms with Crippen LogP contribution in [0, 0.1) is 6.92 Å². The van der Waals surface area contributed by atoms with E-state index in [0.717, 1.165) is 11.0 Å². The summed E-state index contributed by atoms with van der Waals surface area (Å²) in [5.74, 6) is 0. The van der Waals surface area contributed by atoms with Crippen LogP contribution in [0.4, 0.5) is 0 Å². The predicted molar refractivity (Wildman–Crippen MR) is 105 cm³/mol. The van der Waals surface area contributed by atoms with Crippen molar-refractivity contribution in [2.24, 2.45) is 0 Å². The molecule has 0 bridgehead atoms. The molecule has 0 saturated heterocycles. The third-order valence-corrected chi connectivity index (χ3v) is 5.19. The summed E-state index contributed by atoms with van der Waals surface area (Å²) in [5, 5.41) is 1.31. The molecule has 0 aliphatic carbocycles. The summed E-state index contributed by atoms with van der Waals surface area (Å²) >= 11 is 3.63. The predicted octanol–water partition coefficient (Wildman–Crippen LogP) is 6.43. The molecule has 4 rings (SSSR count). The van der Waals surface area contributed by atoms with E-state index < -0.39 is 0 Å². The van der Waals surface area contributed by atoms with E-state index in [9.17, 15) is 0 Å². The van der Waals surface area contributed by atoms with Gasteiger partial charge in [0, 0.05) is 22.2 Å². The molecular weight excluding hydrogens is 358 g/mol. The molecule has 24 heavy (non-hydrogen) atoms. The zero-order chi connectivity index (χ0) is 16.5. The van der Waals surface area contributed by atoms with Crippen molar-refractivity contribution >= 4 is 26.8 Å². The van der Waals surface area contributed by atoms with Gasteiger partial charge in [0.15, 0.2) is 0 Å². The van der Waals surface area contributed by atoms with E-state index >= 15 is 0 Å². The van der Waals surface area contributed by atoms with Gasteiger partial charge in [-0.05, 0) is 47.2 Å². The number of hydrogen-bond donors (Lipinski definition) is 0. The fourth-order valence-electron chi connectivity index (χ4n) is 3.23. The number of fused-ring (bicyclic) bond motifs is 1. The maximum atomic E-state index is 3.63. The summed E-state index contributed by atoms with van der Waals surface area (Å²) in [7, 11) is 0. The topological polar surface area (TPSA) is 4.93 Å². The molecule has 118 valence electrons. The van der Waals surface area contributed by atoms with Gasteiger partial charge in [-0.15, -0.1) is 0 Å². The number of aromatic nitrogens is 1. The zero-order valence-electron chi connectivity index (χ0n) is 13.5. The molecule has 0 saturated carbocycles. The lowest BCUT2D eigenvalue weighted by atomic mass is 10.0. The Morgan fingerprint density at radius 2 is 1.54 bits per heavy atom. The average molecular weight is 376 g/mol. The molecule has 0 radical (unpaired) electrons. The Labute approximate surface area is 150 Å². The Kier molecular flexibility index (Phi) is 3.99. The molecular formula is C22H18BrN. The Morgan fingerprint density at radius 3 is 2.33 bits per heavy atom. The molecule has 3 aromatic carbocycles. The van der Waals surface area contributed by atoms with Crippen LogP contribution in [0.1, 0.15) is 11.3 Å². The molecule has 0 unspecified atom stereocenters. The third-order valence-electron chi connectivity index (χ3n) is 4.50. The summed E-state index contributed by atoms with van der Waals surface area (Å²) in [6, 6.07) is 28.0. The molecule has 2 heteroatoms. The van der Waals surface area contributed by atoms with Gasteiger partial charge in [-0.1, -0.05) is 76.6 Å². The number of nitrogens with zero attached hydrogens (tertiary/aromatic N) is 1. The second-order valence-corrected chi connectivity index (χ2v) is 6.96. The van der Waals surface area contributed by atoms with E-state index in [2.05, 4.69) is 100 Å². The standard InChI is InChI=1S/C22H18BrN/c1-16-14-19-6-2-5-9-22(19)24(16)15-17-10-12-18(13-11-17)20-7-3-4-8-21(20)23/h2-14H,15H2,1H3. The van der Waals surface area contributed by atoms with Crippen molar-refractivity contribution in [1.82, 2.24) is 4.57 Å². The minimum absolute atomic E-state index is 0.898. The van der Waals surface area contributed by atoms with Crippen LogP contribution in [0.5, 0.6) is 0 Å². The molecule has 0 atom stereocenters. The molecule has 4 aromatic rings. The van der Waals surface area contributed by atoms with E-state index in [-0.39, 0.29) is 0 Å². The van der Waals surface area contributed by atoms with Crippen LogP contribution in [0.3, 0.4) is 0 Å². The number of para-hydroxylation sites is 1. The first kappa shape index (κ1) is 15.2. The summed E-state index contributed by atoms with van der Waals surface area (Å²) in [6.07, 6.45) is 0. The Hall–Kier alpha value is -2.32. The van der Waals surface area contributed by atoms with Gasteiger partial charge in [-0.3, -0.25) is 0 Å². The van der Waals surface area contributed by atoms with Crippen LogP contribution < -0.4 is 0 Å². The highest BCUT2D eigenvalue weighted by molar-refractivity contribution is 9.10. The van der Waals surface area contributed by atoms with Crippen LogP contribution in [0.2, 0.25) is 0 Å². The van der Waals surface area contributed by atoms with Gasteiger partial charge < -0.3 is 4.57 Å². The average Bonchev–Trinajstić information content (AvgIpc) is 2.92. The highest BCUT2D eigenvalue weighted by atomic mass is 79.9. The van der Waals surface area contributed by atoms with Gasteiger partial charge in [-0.2, -0.15) is 0 Å². The molecule has 0 amide bonds. The quantitative estimate of drug-likeness (QED) is 0.388. The Morgan fingerprint density at radius 1 is 0.833 bits per heavy atom. The number of hydrogen-bond acceptors (Lipinski definition) is 0. The smallest absolute Gasteiger partial charge is 0.0485 e. The number of halogens is 1. The largest absolute Gasteiger partial charge is 0.340 e. The summed E-state index contributed by atoms with van der Waals surface area (Å²) in [5.41, 5.74) is 6.37. The molecule has 0 fully saturated rings. The molecule has 0 aliphatic heterocycles. The Balaban J connectivity index is 1.66. The van der Waals surface area contributed by atoms with Crippen LogP contribution in [0.25, 0.3) is 22.0 Å². The Bertz CT molecular complexity index is 996. The lowest BCUT2D eigenvalue weighted by Gasteiger charge is -2.10. The van der Waals surface area contributed by atoms with Gasteiger partial charge >= 0.3 is 0 Å². The van der Waals surface area contributed by atoms with Gasteiger partial charge in [-0.25, -0.2) is 0 Å². The van der Waals surface area contributed by atoms with Crippen molar-refractivity contribution < 1.29 is 0 Å². The molecule has 0 aliphatic rings. The monoisotopic (exact) mass is 375 g/mol. The van der Waals surface area contributed by atoms with Crippen LogP contribution in [0.15, 0.2) is 83.3 Å². The van der Waals surface area contributed by atoms with E-state index in [1.54, 1.807) is 0 Å². The summed E-state index contributed by atoms with van der Waals surface area (Å²) < 4.78 is 3.51. The van der Waals surface area contributed by atoms with Crippen molar-refractivity contribution in [3.63, 3.8) is 0 Å². The summed E-state index contributed by atoms with van der Waals surface area (Å²) in [6.45, 7) is 3.07. The first-order chi connectivity index (χ1) is 11.7. The SMILES string of the molecule is Cc1cc2ccccc2n1Cc1ccc(-c2ccccc2Br)cc1. The van der Waals surface area contributed by atoms with E-state index in [1.807, 2.05) is 6.07 Å². The minimum atomic E-state index is 0.898. The highest BCUT2D eigenvalue weighted by Gasteiger charge is 2.06. The van der Waals surface area contributed by atoms with E-state index in [4.69, 9.17) is 0 Å². The maximum Gasteiger partial charge on any atom is 0.0485 e. The van der Waals surface area contributed by atoms with Gasteiger partial charge in [0.05, 0.1) is 0 Å². The zero-order valence-corrected chi connectivity index (χ0v) is 15.1. The second kappa shape index (κ2) is 6.29. The molecule has 1 nitrogen and oxygen atoms in total. The van der Waals surface area contributed by atoms with Crippen LogP contribution in [-0.2, 0) is 6.54 Å². The van der Waals surface area contributed by atoms with Crippen molar-refractivity contribution in [3.05, 3.63) is 94.6 Å². The van der Waals surface area contributed by atoms with E-state index in [1.165, 1.54) is 33.3 Å². The first-order valence-electron chi connectivity index (χ1n) is 8.11. The molecule has 1 heterocycles. The van der Waals surface area contributed by atoms with Crippen molar-refractivity contribution in [3.8, 4) is 11.1 Å². The third kappa shape index (κ3) is 2.78. The van der Waals surface area contributed by atoms with Crippen molar-refractivity contribution in [2.45, 2.75) is 13.5 Å². The van der Waals surface area contributed by atoms with Gasteiger partial charge in [0.1, 0.15) is 0 Å². The number of benzene rings is 3. The molecule has 1 aromatic heterocycles. The van der Waals surface area contributed by atoms with E-state index in [0.29, 0.717) is 0 Å². The second-order valence-electron chi connectivity index (χ2n) is 6.11. The van der Waals surface area contributed by atoms with Crippen LogP contribution in [-0.4, -0.2) is 4.57 Å². The van der Waals surface area contributed by atoms with Gasteiger partial charge in [0.25, 0.3) is 0 Å².